The quantitative estimate of drug-likeness (QED) is 0.597. The Morgan fingerprint density at radius 2 is 1.88 bits per heavy atom. The second-order valence-corrected chi connectivity index (χ2v) is 10.2. The molecule has 0 spiro atoms. The molecule has 174 valence electrons. The van der Waals surface area contributed by atoms with Crippen LogP contribution in [0, 0.1) is 12.7 Å². The lowest BCUT2D eigenvalue weighted by atomic mass is 10.0. The van der Waals surface area contributed by atoms with Gasteiger partial charge in [-0.05, 0) is 55.2 Å². The molecule has 1 aliphatic heterocycles. The second-order valence-electron chi connectivity index (χ2n) is 8.30. The van der Waals surface area contributed by atoms with Crippen molar-refractivity contribution in [2.24, 2.45) is 7.05 Å². The number of aromatic nitrogens is 2. The van der Waals surface area contributed by atoms with Crippen LogP contribution in [0.15, 0.2) is 59.8 Å². The van der Waals surface area contributed by atoms with Crippen molar-refractivity contribution in [3.8, 4) is 0 Å². The number of rotatable bonds is 6. The van der Waals surface area contributed by atoms with Gasteiger partial charge in [0.05, 0.1) is 4.90 Å². The largest absolute Gasteiger partial charge is 0.338 e. The van der Waals surface area contributed by atoms with Gasteiger partial charge >= 0.3 is 0 Å². The molecule has 1 aromatic heterocycles. The number of carbonyl (C=O) groups excluding carboxylic acids is 1. The summed E-state index contributed by atoms with van der Waals surface area (Å²) in [4.78, 5) is 17.8. The normalized spacial score (nSPS) is 15.8. The number of nitrogens with zero attached hydrogens (tertiary/aromatic N) is 3. The lowest BCUT2D eigenvalue weighted by Gasteiger charge is -2.26. The molecule has 0 aliphatic carbocycles. The highest BCUT2D eigenvalue weighted by molar-refractivity contribution is 7.89. The number of hydrogen-bond donors (Lipinski definition) is 1. The molecule has 2 heterocycles. The topological polar surface area (TPSA) is 84.3 Å². The molecule has 1 aliphatic rings. The van der Waals surface area contributed by atoms with Crippen molar-refractivity contribution in [2.45, 2.75) is 37.1 Å². The van der Waals surface area contributed by atoms with Crippen LogP contribution in [0.25, 0.3) is 0 Å². The standard InChI is InChI=1S/C24H27FN4O3S/c1-17-9-10-20(33(31,32)29-12-4-3-5-13-29)16-21(17)24(30)27-22(23-26-11-14-28(23)2)18-7-6-8-19(25)15-18/h6-11,14-16,22H,3-5,12-13H2,1-2H3,(H,27,30)/t22-/m1/s1. The fourth-order valence-electron chi connectivity index (χ4n) is 4.11. The minimum Gasteiger partial charge on any atom is -0.338 e. The van der Waals surface area contributed by atoms with E-state index in [2.05, 4.69) is 10.3 Å². The molecule has 1 amide bonds. The van der Waals surface area contributed by atoms with Crippen LogP contribution in [0.1, 0.15) is 52.6 Å². The van der Waals surface area contributed by atoms with Gasteiger partial charge in [-0.3, -0.25) is 4.79 Å². The molecular weight excluding hydrogens is 443 g/mol. The Bertz CT molecular complexity index is 1270. The number of amides is 1. The van der Waals surface area contributed by atoms with Gasteiger partial charge in [0.1, 0.15) is 17.7 Å². The van der Waals surface area contributed by atoms with Gasteiger partial charge in [-0.25, -0.2) is 17.8 Å². The minimum atomic E-state index is -3.68. The van der Waals surface area contributed by atoms with E-state index >= 15 is 0 Å². The number of piperidine rings is 1. The van der Waals surface area contributed by atoms with Crippen molar-refractivity contribution < 1.29 is 17.6 Å². The monoisotopic (exact) mass is 470 g/mol. The molecule has 1 fully saturated rings. The highest BCUT2D eigenvalue weighted by Crippen LogP contribution is 2.25. The summed E-state index contributed by atoms with van der Waals surface area (Å²) in [5, 5.41) is 2.92. The van der Waals surface area contributed by atoms with Crippen molar-refractivity contribution >= 4 is 15.9 Å². The smallest absolute Gasteiger partial charge is 0.252 e. The average Bonchev–Trinajstić information content (AvgIpc) is 3.23. The Hall–Kier alpha value is -3.04. The molecule has 33 heavy (non-hydrogen) atoms. The maximum Gasteiger partial charge on any atom is 0.252 e. The van der Waals surface area contributed by atoms with Gasteiger partial charge in [-0.15, -0.1) is 0 Å². The van der Waals surface area contributed by atoms with Crippen LogP contribution in [0.2, 0.25) is 0 Å². The van der Waals surface area contributed by atoms with Gasteiger partial charge in [-0.2, -0.15) is 4.31 Å². The third kappa shape index (κ3) is 4.84. The average molecular weight is 471 g/mol. The van der Waals surface area contributed by atoms with E-state index in [9.17, 15) is 17.6 Å². The first kappa shape index (κ1) is 23.1. The first-order chi connectivity index (χ1) is 15.8. The molecule has 4 rings (SSSR count). The molecule has 7 nitrogen and oxygen atoms in total. The lowest BCUT2D eigenvalue weighted by molar-refractivity contribution is 0.0940. The maximum absolute atomic E-state index is 13.9. The number of benzene rings is 2. The number of halogens is 1. The third-order valence-electron chi connectivity index (χ3n) is 5.98. The molecule has 0 saturated carbocycles. The van der Waals surface area contributed by atoms with Gasteiger partial charge in [-0.1, -0.05) is 24.6 Å². The molecular formula is C24H27FN4O3S. The van der Waals surface area contributed by atoms with Crippen molar-refractivity contribution in [3.63, 3.8) is 0 Å². The van der Waals surface area contributed by atoms with Gasteiger partial charge in [0.15, 0.2) is 0 Å². The Morgan fingerprint density at radius 3 is 2.55 bits per heavy atom. The van der Waals surface area contributed by atoms with E-state index in [-0.39, 0.29) is 10.5 Å². The highest BCUT2D eigenvalue weighted by Gasteiger charge is 2.28. The Labute approximate surface area is 193 Å². The fraction of sp³-hybridized carbons (Fsp3) is 0.333. The number of carbonyl (C=O) groups is 1. The van der Waals surface area contributed by atoms with Gasteiger partial charge in [0, 0.05) is 38.1 Å². The summed E-state index contributed by atoms with van der Waals surface area (Å²) in [6.07, 6.45) is 6.02. The first-order valence-corrected chi connectivity index (χ1v) is 12.4. The number of sulfonamides is 1. The zero-order valence-corrected chi connectivity index (χ0v) is 19.5. The molecule has 2 aromatic carbocycles. The minimum absolute atomic E-state index is 0.0967. The SMILES string of the molecule is Cc1ccc(S(=O)(=O)N2CCCCC2)cc1C(=O)N[C@H](c1cccc(F)c1)c1nccn1C. The summed E-state index contributed by atoms with van der Waals surface area (Å²) in [5.41, 5.74) is 1.43. The van der Waals surface area contributed by atoms with Crippen LogP contribution in [-0.2, 0) is 17.1 Å². The predicted molar refractivity (Wildman–Crippen MR) is 123 cm³/mol. The highest BCUT2D eigenvalue weighted by atomic mass is 32.2. The lowest BCUT2D eigenvalue weighted by Crippen LogP contribution is -2.36. The van der Waals surface area contributed by atoms with Gasteiger partial charge < -0.3 is 9.88 Å². The Balaban J connectivity index is 1.68. The summed E-state index contributed by atoms with van der Waals surface area (Å²) in [6.45, 7) is 2.72. The summed E-state index contributed by atoms with van der Waals surface area (Å²) >= 11 is 0. The zero-order chi connectivity index (χ0) is 23.6. The van der Waals surface area contributed by atoms with Gasteiger partial charge in [0.25, 0.3) is 5.91 Å². The van der Waals surface area contributed by atoms with E-state index in [0.717, 1.165) is 19.3 Å². The molecule has 9 heteroatoms. The molecule has 1 atom stereocenters. The molecule has 0 radical (unpaired) electrons. The van der Waals surface area contributed by atoms with Crippen LogP contribution >= 0.6 is 0 Å². The van der Waals surface area contributed by atoms with Crippen LogP contribution in [0.5, 0.6) is 0 Å². The van der Waals surface area contributed by atoms with E-state index < -0.39 is 27.8 Å². The summed E-state index contributed by atoms with van der Waals surface area (Å²) in [6, 6.07) is 9.87. The number of aryl methyl sites for hydroxylation is 2. The van der Waals surface area contributed by atoms with Gasteiger partial charge in [0.2, 0.25) is 10.0 Å². The number of hydrogen-bond acceptors (Lipinski definition) is 4. The van der Waals surface area contributed by atoms with Crippen molar-refractivity contribution in [3.05, 3.63) is 83.2 Å². The van der Waals surface area contributed by atoms with Crippen LogP contribution < -0.4 is 5.32 Å². The number of nitrogens with one attached hydrogen (secondary N) is 1. The molecule has 3 aromatic rings. The first-order valence-electron chi connectivity index (χ1n) is 10.9. The number of imidazole rings is 1. The summed E-state index contributed by atoms with van der Waals surface area (Å²) < 4.78 is 43.4. The van der Waals surface area contributed by atoms with Crippen molar-refractivity contribution in [1.82, 2.24) is 19.2 Å². The maximum atomic E-state index is 13.9. The summed E-state index contributed by atoms with van der Waals surface area (Å²) in [7, 11) is -1.89. The molecule has 1 saturated heterocycles. The zero-order valence-electron chi connectivity index (χ0n) is 18.7. The van der Waals surface area contributed by atoms with Crippen molar-refractivity contribution in [1.29, 1.82) is 0 Å². The van der Waals surface area contributed by atoms with E-state index in [0.29, 0.717) is 30.0 Å². The fourth-order valence-corrected chi connectivity index (χ4v) is 5.65. The van der Waals surface area contributed by atoms with E-state index in [1.807, 2.05) is 0 Å². The van der Waals surface area contributed by atoms with E-state index in [1.165, 1.54) is 22.5 Å². The molecule has 1 N–H and O–H groups in total. The van der Waals surface area contributed by atoms with E-state index in [1.54, 1.807) is 55.2 Å². The summed E-state index contributed by atoms with van der Waals surface area (Å²) in [5.74, 6) is -0.351. The predicted octanol–water partition coefficient (Wildman–Crippen LogP) is 3.56. The Morgan fingerprint density at radius 1 is 1.12 bits per heavy atom. The molecule has 0 unspecified atom stereocenters. The van der Waals surface area contributed by atoms with E-state index in [4.69, 9.17) is 0 Å². The van der Waals surface area contributed by atoms with Crippen LogP contribution in [-0.4, -0.2) is 41.3 Å². The third-order valence-corrected chi connectivity index (χ3v) is 7.88. The van der Waals surface area contributed by atoms with Crippen molar-refractivity contribution in [2.75, 3.05) is 13.1 Å². The molecule has 0 bridgehead atoms. The Kier molecular flexibility index (Phi) is 6.62. The van der Waals surface area contributed by atoms with Crippen LogP contribution in [0.3, 0.4) is 0 Å². The second kappa shape index (κ2) is 9.44. The van der Waals surface area contributed by atoms with Crippen LogP contribution in [0.4, 0.5) is 4.39 Å².